The first-order valence-corrected chi connectivity index (χ1v) is 8.61. The van der Waals surface area contributed by atoms with Crippen molar-refractivity contribution in [3.05, 3.63) is 57.8 Å². The second-order valence-electron chi connectivity index (χ2n) is 5.60. The molecule has 0 saturated carbocycles. The summed E-state index contributed by atoms with van der Waals surface area (Å²) in [5.41, 5.74) is 2.22. The molecule has 1 aliphatic rings. The average Bonchev–Trinajstić information content (AvgIpc) is 2.58. The van der Waals surface area contributed by atoms with Gasteiger partial charge < -0.3 is 15.4 Å². The number of amides is 2. The molecule has 0 saturated heterocycles. The summed E-state index contributed by atoms with van der Waals surface area (Å²) in [5.74, 6) is 0.00179. The highest BCUT2D eigenvalue weighted by atomic mass is 79.9. The van der Waals surface area contributed by atoms with Crippen LogP contribution in [0.3, 0.4) is 0 Å². The molecule has 2 N–H and O–H groups in total. The number of rotatable bonds is 5. The quantitative estimate of drug-likeness (QED) is 0.748. The van der Waals surface area contributed by atoms with E-state index in [4.69, 9.17) is 4.74 Å². The van der Waals surface area contributed by atoms with Crippen LogP contribution in [0.2, 0.25) is 0 Å². The van der Waals surface area contributed by atoms with Gasteiger partial charge in [0, 0.05) is 16.6 Å². The van der Waals surface area contributed by atoms with Crippen molar-refractivity contribution >= 4 is 33.4 Å². The lowest BCUT2D eigenvalue weighted by Gasteiger charge is -2.17. The molecule has 0 bridgehead atoms. The average molecular weight is 407 g/mol. The number of benzene rings is 2. The maximum atomic E-state index is 13.0. The molecule has 130 valence electrons. The fourth-order valence-corrected chi connectivity index (χ4v) is 3.08. The van der Waals surface area contributed by atoms with Crippen LogP contribution in [0.5, 0.6) is 5.75 Å². The topological polar surface area (TPSA) is 67.4 Å². The van der Waals surface area contributed by atoms with Gasteiger partial charge >= 0.3 is 0 Å². The van der Waals surface area contributed by atoms with Crippen molar-refractivity contribution in [2.24, 2.45) is 0 Å². The van der Waals surface area contributed by atoms with Crippen molar-refractivity contribution in [2.45, 2.75) is 12.8 Å². The predicted octanol–water partition coefficient (Wildman–Crippen LogP) is 3.28. The standard InChI is InChI=1S/C18H16BrFN2O3/c19-15-10-12(20)2-4-14(15)18(24)21-7-8-25-13-3-5-16-11(9-13)1-6-17(23)22-16/h2-5,9-10H,1,6-8H2,(H,21,24)(H,22,23). The molecule has 0 aromatic heterocycles. The van der Waals surface area contributed by atoms with Crippen molar-refractivity contribution in [1.82, 2.24) is 5.32 Å². The normalized spacial score (nSPS) is 13.0. The highest BCUT2D eigenvalue weighted by molar-refractivity contribution is 9.10. The molecular formula is C18H16BrFN2O3. The lowest BCUT2D eigenvalue weighted by atomic mass is 10.0. The molecule has 25 heavy (non-hydrogen) atoms. The number of carbonyl (C=O) groups is 2. The van der Waals surface area contributed by atoms with Crippen LogP contribution in [0.25, 0.3) is 0 Å². The van der Waals surface area contributed by atoms with Crippen LogP contribution < -0.4 is 15.4 Å². The molecule has 3 rings (SSSR count). The van der Waals surface area contributed by atoms with Gasteiger partial charge in [-0.3, -0.25) is 9.59 Å². The Morgan fingerprint density at radius 1 is 1.24 bits per heavy atom. The Morgan fingerprint density at radius 2 is 2.08 bits per heavy atom. The van der Waals surface area contributed by atoms with Crippen LogP contribution >= 0.6 is 15.9 Å². The minimum Gasteiger partial charge on any atom is -0.492 e. The van der Waals surface area contributed by atoms with Gasteiger partial charge in [-0.05, 0) is 64.3 Å². The van der Waals surface area contributed by atoms with E-state index in [1.165, 1.54) is 18.2 Å². The number of nitrogens with one attached hydrogen (secondary N) is 2. The van der Waals surface area contributed by atoms with Crippen LogP contribution in [-0.4, -0.2) is 25.0 Å². The minimum absolute atomic E-state index is 0.0239. The molecule has 2 aromatic carbocycles. The van der Waals surface area contributed by atoms with Gasteiger partial charge in [-0.25, -0.2) is 4.39 Å². The molecule has 0 radical (unpaired) electrons. The molecule has 0 unspecified atom stereocenters. The number of hydrogen-bond donors (Lipinski definition) is 2. The van der Waals surface area contributed by atoms with Gasteiger partial charge in [-0.15, -0.1) is 0 Å². The minimum atomic E-state index is -0.407. The maximum absolute atomic E-state index is 13.0. The third-order valence-corrected chi connectivity index (χ3v) is 4.46. The fourth-order valence-electron chi connectivity index (χ4n) is 2.55. The van der Waals surface area contributed by atoms with Gasteiger partial charge in [0.15, 0.2) is 0 Å². The van der Waals surface area contributed by atoms with E-state index in [-0.39, 0.29) is 11.8 Å². The Bertz CT molecular complexity index is 826. The summed E-state index contributed by atoms with van der Waals surface area (Å²) in [4.78, 5) is 23.4. The SMILES string of the molecule is O=C1CCc2cc(OCCNC(=O)c3ccc(F)cc3Br)ccc2N1. The molecule has 1 aliphatic heterocycles. The lowest BCUT2D eigenvalue weighted by Crippen LogP contribution is -2.28. The molecule has 5 nitrogen and oxygen atoms in total. The van der Waals surface area contributed by atoms with Crippen molar-refractivity contribution in [2.75, 3.05) is 18.5 Å². The van der Waals surface area contributed by atoms with Crippen LogP contribution in [0.15, 0.2) is 40.9 Å². The van der Waals surface area contributed by atoms with E-state index in [1.54, 1.807) is 6.07 Å². The number of ether oxygens (including phenoxy) is 1. The largest absolute Gasteiger partial charge is 0.492 e. The fraction of sp³-hybridized carbons (Fsp3) is 0.222. The van der Waals surface area contributed by atoms with Crippen LogP contribution in [0.4, 0.5) is 10.1 Å². The third kappa shape index (κ3) is 4.36. The van der Waals surface area contributed by atoms with Gasteiger partial charge in [-0.2, -0.15) is 0 Å². The van der Waals surface area contributed by atoms with Gasteiger partial charge in [0.2, 0.25) is 5.91 Å². The van der Waals surface area contributed by atoms with Crippen molar-refractivity contribution in [1.29, 1.82) is 0 Å². The summed E-state index contributed by atoms with van der Waals surface area (Å²) in [5, 5.41) is 5.54. The van der Waals surface area contributed by atoms with E-state index in [0.717, 1.165) is 11.3 Å². The van der Waals surface area contributed by atoms with Crippen LogP contribution in [-0.2, 0) is 11.2 Å². The van der Waals surface area contributed by atoms with E-state index in [0.29, 0.717) is 41.8 Å². The summed E-state index contributed by atoms with van der Waals surface area (Å²) in [6.45, 7) is 0.617. The Hall–Kier alpha value is -2.41. The van der Waals surface area contributed by atoms with Gasteiger partial charge in [-0.1, -0.05) is 0 Å². The summed E-state index contributed by atoms with van der Waals surface area (Å²) >= 11 is 3.17. The first kappa shape index (κ1) is 17.4. The molecule has 0 atom stereocenters. The second-order valence-corrected chi connectivity index (χ2v) is 6.45. The molecule has 2 amide bonds. The lowest BCUT2D eigenvalue weighted by molar-refractivity contribution is -0.116. The summed E-state index contributed by atoms with van der Waals surface area (Å²) in [6, 6.07) is 9.40. The zero-order valence-electron chi connectivity index (χ0n) is 13.3. The number of carbonyl (C=O) groups excluding carboxylic acids is 2. The van der Waals surface area contributed by atoms with Gasteiger partial charge in [0.25, 0.3) is 5.91 Å². The summed E-state index contributed by atoms with van der Waals surface area (Å²) in [7, 11) is 0. The van der Waals surface area contributed by atoms with Crippen LogP contribution in [0.1, 0.15) is 22.3 Å². The monoisotopic (exact) mass is 406 g/mol. The second kappa shape index (κ2) is 7.65. The van der Waals surface area contributed by atoms with E-state index in [9.17, 15) is 14.0 Å². The Balaban J connectivity index is 1.50. The number of aryl methyl sites for hydroxylation is 1. The van der Waals surface area contributed by atoms with E-state index in [2.05, 4.69) is 26.6 Å². The first-order chi connectivity index (χ1) is 12.0. The Labute approximate surface area is 152 Å². The molecule has 0 aliphatic carbocycles. The Morgan fingerprint density at radius 3 is 2.88 bits per heavy atom. The highest BCUT2D eigenvalue weighted by Crippen LogP contribution is 2.26. The smallest absolute Gasteiger partial charge is 0.252 e. The molecule has 7 heteroatoms. The third-order valence-electron chi connectivity index (χ3n) is 3.80. The predicted molar refractivity (Wildman–Crippen MR) is 95.3 cm³/mol. The van der Waals surface area contributed by atoms with E-state index in [1.807, 2.05) is 12.1 Å². The summed E-state index contributed by atoms with van der Waals surface area (Å²) in [6.07, 6.45) is 1.16. The van der Waals surface area contributed by atoms with Gasteiger partial charge in [0.05, 0.1) is 12.1 Å². The van der Waals surface area contributed by atoms with Crippen LogP contribution in [0, 0.1) is 5.82 Å². The maximum Gasteiger partial charge on any atom is 0.252 e. The molecule has 2 aromatic rings. The first-order valence-electron chi connectivity index (χ1n) is 7.82. The van der Waals surface area contributed by atoms with E-state index < -0.39 is 5.82 Å². The highest BCUT2D eigenvalue weighted by Gasteiger charge is 2.15. The molecule has 0 spiro atoms. The number of anilines is 1. The number of halogens is 2. The van der Waals surface area contributed by atoms with Gasteiger partial charge in [0.1, 0.15) is 18.2 Å². The molecule has 1 heterocycles. The molecular weight excluding hydrogens is 391 g/mol. The van der Waals surface area contributed by atoms with Crippen molar-refractivity contribution in [3.63, 3.8) is 0 Å². The van der Waals surface area contributed by atoms with Crippen molar-refractivity contribution < 1.29 is 18.7 Å². The Kier molecular flexibility index (Phi) is 5.33. The number of fused-ring (bicyclic) bond motifs is 1. The molecule has 0 fully saturated rings. The zero-order chi connectivity index (χ0) is 17.8. The van der Waals surface area contributed by atoms with E-state index >= 15 is 0 Å². The van der Waals surface area contributed by atoms with Crippen molar-refractivity contribution in [3.8, 4) is 5.75 Å². The zero-order valence-corrected chi connectivity index (χ0v) is 14.9. The number of hydrogen-bond acceptors (Lipinski definition) is 3. The summed E-state index contributed by atoms with van der Waals surface area (Å²) < 4.78 is 19.1.